The zero-order valence-corrected chi connectivity index (χ0v) is 29.2. The lowest BCUT2D eigenvalue weighted by molar-refractivity contribution is -0.116. The third-order valence-corrected chi connectivity index (χ3v) is 9.20. The van der Waals surface area contributed by atoms with Gasteiger partial charge in [0.25, 0.3) is 0 Å². The Hall–Kier alpha value is -5.23. The van der Waals surface area contributed by atoms with Crippen LogP contribution in [-0.4, -0.2) is 65.8 Å². The number of anilines is 3. The first-order chi connectivity index (χ1) is 24.7. The van der Waals surface area contributed by atoms with Gasteiger partial charge >= 0.3 is 6.09 Å². The number of para-hydroxylation sites is 1. The average molecular weight is 694 g/mol. The minimum absolute atomic E-state index is 0.0507. The van der Waals surface area contributed by atoms with Gasteiger partial charge in [-0.15, -0.1) is 0 Å². The van der Waals surface area contributed by atoms with E-state index < -0.39 is 12.2 Å². The fraction of sp³-hybridized carbons (Fsp3) is 0.325. The van der Waals surface area contributed by atoms with Crippen molar-refractivity contribution in [2.75, 3.05) is 42.1 Å². The van der Waals surface area contributed by atoms with Crippen molar-refractivity contribution in [3.8, 4) is 16.9 Å². The number of hydrogen-bond donors (Lipinski definition) is 6. The van der Waals surface area contributed by atoms with Crippen molar-refractivity contribution in [3.63, 3.8) is 0 Å². The van der Waals surface area contributed by atoms with E-state index in [4.69, 9.17) is 4.74 Å². The molecular formula is C40H47N5O6. The fourth-order valence-corrected chi connectivity index (χ4v) is 6.28. The third kappa shape index (κ3) is 10.4. The molecule has 0 spiro atoms. The molecule has 1 unspecified atom stereocenters. The van der Waals surface area contributed by atoms with Crippen LogP contribution in [0.5, 0.6) is 5.75 Å². The molecule has 11 heteroatoms. The molecule has 6 N–H and O–H groups in total. The first-order valence-electron chi connectivity index (χ1n) is 17.4. The number of hydrogen-bond acceptors (Lipinski definition) is 8. The molecule has 1 aliphatic heterocycles. The van der Waals surface area contributed by atoms with Gasteiger partial charge in [-0.2, -0.15) is 0 Å². The Bertz CT molecular complexity index is 1790. The van der Waals surface area contributed by atoms with Crippen LogP contribution < -0.4 is 21.3 Å². The number of carbonyl (C=O) groups is 3. The molecule has 4 aromatic carbocycles. The summed E-state index contributed by atoms with van der Waals surface area (Å²) in [6.45, 7) is 6.93. The van der Waals surface area contributed by atoms with Crippen molar-refractivity contribution in [2.24, 2.45) is 0 Å². The first-order valence-corrected chi connectivity index (χ1v) is 17.4. The second kappa shape index (κ2) is 18.1. The van der Waals surface area contributed by atoms with E-state index in [1.165, 1.54) is 6.07 Å². The summed E-state index contributed by atoms with van der Waals surface area (Å²) in [5, 5.41) is 32.2. The lowest BCUT2D eigenvalue weighted by atomic mass is 10.0. The Balaban J connectivity index is 1.04. The van der Waals surface area contributed by atoms with E-state index in [0.29, 0.717) is 50.0 Å². The van der Waals surface area contributed by atoms with Crippen molar-refractivity contribution >= 4 is 35.5 Å². The topological polar surface area (TPSA) is 152 Å². The Labute approximate surface area is 299 Å². The number of nitrogens with one attached hydrogen (secondary N) is 4. The number of phenolic OH excluding ortho intramolecular Hbond substituents is 1. The Morgan fingerprint density at radius 1 is 0.922 bits per heavy atom. The molecule has 5 rings (SSSR count). The van der Waals surface area contributed by atoms with Crippen LogP contribution >= 0.6 is 0 Å². The second-order valence-electron chi connectivity index (χ2n) is 12.8. The van der Waals surface area contributed by atoms with Crippen LogP contribution in [0.4, 0.5) is 21.9 Å². The molecule has 1 atom stereocenters. The van der Waals surface area contributed by atoms with E-state index in [1.807, 2.05) is 74.5 Å². The Kier molecular flexibility index (Phi) is 13.2. The summed E-state index contributed by atoms with van der Waals surface area (Å²) >= 11 is 0. The molecule has 0 bridgehead atoms. The van der Waals surface area contributed by atoms with Crippen molar-refractivity contribution < 1.29 is 29.3 Å². The lowest BCUT2D eigenvalue weighted by Crippen LogP contribution is -2.39. The minimum Gasteiger partial charge on any atom is -0.506 e. The summed E-state index contributed by atoms with van der Waals surface area (Å²) in [4.78, 5) is 38.8. The minimum atomic E-state index is -0.839. The summed E-state index contributed by atoms with van der Waals surface area (Å²) in [5.41, 5.74) is 7.36. The third-order valence-electron chi connectivity index (χ3n) is 9.20. The van der Waals surface area contributed by atoms with Gasteiger partial charge in [0.1, 0.15) is 11.9 Å². The molecule has 4 aromatic rings. The van der Waals surface area contributed by atoms with Crippen LogP contribution in [0.25, 0.3) is 11.1 Å². The van der Waals surface area contributed by atoms with Gasteiger partial charge in [-0.25, -0.2) is 4.79 Å². The predicted molar refractivity (Wildman–Crippen MR) is 200 cm³/mol. The van der Waals surface area contributed by atoms with Crippen LogP contribution in [0.2, 0.25) is 0 Å². The summed E-state index contributed by atoms with van der Waals surface area (Å²) in [5.74, 6) is -0.124. The maximum Gasteiger partial charge on any atom is 0.411 e. The highest BCUT2D eigenvalue weighted by Crippen LogP contribution is 2.29. The summed E-state index contributed by atoms with van der Waals surface area (Å²) in [7, 11) is 0. The Morgan fingerprint density at radius 2 is 1.67 bits per heavy atom. The van der Waals surface area contributed by atoms with Crippen LogP contribution in [0, 0.1) is 6.92 Å². The van der Waals surface area contributed by atoms with Crippen molar-refractivity contribution in [3.05, 3.63) is 107 Å². The monoisotopic (exact) mass is 693 g/mol. The quantitative estimate of drug-likeness (QED) is 0.0622. The summed E-state index contributed by atoms with van der Waals surface area (Å²) < 4.78 is 5.76. The highest BCUT2D eigenvalue weighted by molar-refractivity contribution is 5.92. The molecule has 1 heterocycles. The number of ether oxygens (including phenoxy) is 1. The van der Waals surface area contributed by atoms with E-state index >= 15 is 0 Å². The van der Waals surface area contributed by atoms with Crippen LogP contribution in [0.1, 0.15) is 54.5 Å². The van der Waals surface area contributed by atoms with Gasteiger partial charge in [-0.1, -0.05) is 67.6 Å². The highest BCUT2D eigenvalue weighted by Gasteiger charge is 2.23. The van der Waals surface area contributed by atoms with Gasteiger partial charge in [-0.3, -0.25) is 14.9 Å². The zero-order valence-electron chi connectivity index (χ0n) is 29.2. The standard InChI is InChI=1S/C40H47N5O6/c1-3-28-22-31(24-41-25-38(48)30-13-14-37(47)36(23-30)42-26-46)27(2)21-35(28)43-39(49)17-20-45-18-15-32(16-19-45)51-40(50)44-34-12-8-7-11-33(34)29-9-5-4-6-10-29/h4-14,21-23,26,32,38,41,47-48H,3,15-20,24-25H2,1-2H3,(H,42,46)(H,43,49)(H,44,50). The molecule has 1 saturated heterocycles. The number of amides is 3. The summed E-state index contributed by atoms with van der Waals surface area (Å²) in [6, 6.07) is 26.2. The molecule has 1 aliphatic rings. The number of carbonyl (C=O) groups excluding carboxylic acids is 3. The van der Waals surface area contributed by atoms with E-state index in [0.717, 1.165) is 53.0 Å². The van der Waals surface area contributed by atoms with Crippen molar-refractivity contribution in [1.29, 1.82) is 0 Å². The number of nitrogens with zero attached hydrogens (tertiary/aromatic N) is 1. The number of phenols is 1. The zero-order chi connectivity index (χ0) is 36.2. The number of piperidine rings is 1. The molecule has 0 aliphatic carbocycles. The first kappa shape index (κ1) is 37.0. The molecule has 51 heavy (non-hydrogen) atoms. The smallest absolute Gasteiger partial charge is 0.411 e. The van der Waals surface area contributed by atoms with Crippen LogP contribution in [0.3, 0.4) is 0 Å². The van der Waals surface area contributed by atoms with Crippen molar-refractivity contribution in [1.82, 2.24) is 10.2 Å². The van der Waals surface area contributed by atoms with Gasteiger partial charge in [0, 0.05) is 50.4 Å². The number of likely N-dealkylation sites (tertiary alicyclic amines) is 1. The van der Waals surface area contributed by atoms with Gasteiger partial charge in [0.15, 0.2) is 0 Å². The van der Waals surface area contributed by atoms with Gasteiger partial charge in [-0.05, 0) is 78.3 Å². The molecule has 3 amide bonds. The van der Waals surface area contributed by atoms with Crippen LogP contribution in [-0.2, 0) is 27.3 Å². The number of aryl methyl sites for hydroxylation is 2. The van der Waals surface area contributed by atoms with Crippen LogP contribution in [0.15, 0.2) is 84.9 Å². The fourth-order valence-electron chi connectivity index (χ4n) is 6.28. The molecule has 1 fully saturated rings. The molecule has 0 radical (unpaired) electrons. The largest absolute Gasteiger partial charge is 0.506 e. The molecular weight excluding hydrogens is 646 g/mol. The number of aliphatic hydroxyl groups is 1. The number of aliphatic hydroxyl groups excluding tert-OH is 1. The predicted octanol–water partition coefficient (Wildman–Crippen LogP) is 6.36. The second-order valence-corrected chi connectivity index (χ2v) is 12.8. The van der Waals surface area contributed by atoms with E-state index in [-0.39, 0.29) is 30.0 Å². The summed E-state index contributed by atoms with van der Waals surface area (Å²) in [6.07, 6.45) is 1.49. The molecule has 0 aromatic heterocycles. The molecule has 11 nitrogen and oxygen atoms in total. The van der Waals surface area contributed by atoms with Gasteiger partial charge in [0.2, 0.25) is 12.3 Å². The van der Waals surface area contributed by atoms with Crippen molar-refractivity contribution in [2.45, 2.75) is 58.3 Å². The highest BCUT2D eigenvalue weighted by atomic mass is 16.6. The lowest BCUT2D eigenvalue weighted by Gasteiger charge is -2.31. The Morgan fingerprint density at radius 3 is 2.41 bits per heavy atom. The maximum atomic E-state index is 13.0. The van der Waals surface area contributed by atoms with E-state index in [2.05, 4.69) is 32.2 Å². The van der Waals surface area contributed by atoms with Gasteiger partial charge in [0.05, 0.1) is 17.5 Å². The normalized spacial score (nSPS) is 14.0. The van der Waals surface area contributed by atoms with E-state index in [9.17, 15) is 24.6 Å². The van der Waals surface area contributed by atoms with Gasteiger partial charge < -0.3 is 35.8 Å². The number of benzene rings is 4. The number of rotatable bonds is 15. The molecule has 268 valence electrons. The maximum absolute atomic E-state index is 13.0. The number of aromatic hydroxyl groups is 1. The van der Waals surface area contributed by atoms with E-state index in [1.54, 1.807) is 12.1 Å². The average Bonchev–Trinajstić information content (AvgIpc) is 3.13. The SMILES string of the molecule is CCc1cc(CNCC(O)c2ccc(O)c(NC=O)c2)c(C)cc1NC(=O)CCN1CCC(OC(=O)Nc2ccccc2-c2ccccc2)CC1. The molecule has 0 saturated carbocycles.